The van der Waals surface area contributed by atoms with Gasteiger partial charge in [-0.25, -0.2) is 4.98 Å². The summed E-state index contributed by atoms with van der Waals surface area (Å²) in [4.78, 5) is 36.6. The average molecular weight is 470 g/mol. The second kappa shape index (κ2) is 11.0. The van der Waals surface area contributed by atoms with E-state index in [1.807, 2.05) is 18.2 Å². The molecule has 0 fully saturated rings. The number of para-hydroxylation sites is 1. The van der Waals surface area contributed by atoms with Gasteiger partial charge in [-0.05, 0) is 25.0 Å². The number of aromatic amines is 1. The first-order chi connectivity index (χ1) is 16.2. The van der Waals surface area contributed by atoms with Gasteiger partial charge in [0.2, 0.25) is 5.91 Å². The maximum atomic E-state index is 12.7. The highest BCUT2D eigenvalue weighted by molar-refractivity contribution is 7.11. The van der Waals surface area contributed by atoms with Gasteiger partial charge in [0.05, 0.1) is 29.6 Å². The van der Waals surface area contributed by atoms with Crippen LogP contribution in [-0.2, 0) is 4.79 Å². The quantitative estimate of drug-likeness (QED) is 0.391. The van der Waals surface area contributed by atoms with E-state index >= 15 is 0 Å². The lowest BCUT2D eigenvalue weighted by molar-refractivity contribution is -0.120. The number of nitrogens with one attached hydrogen (secondary N) is 3. The summed E-state index contributed by atoms with van der Waals surface area (Å²) in [7, 11) is 1.64. The Kier molecular flexibility index (Phi) is 7.56. The van der Waals surface area contributed by atoms with Crippen molar-refractivity contribution >= 4 is 23.2 Å². The second-order valence-corrected chi connectivity index (χ2v) is 8.56. The molecule has 3 aromatic rings. The number of aromatic nitrogens is 3. The smallest absolute Gasteiger partial charge is 0.263 e. The van der Waals surface area contributed by atoms with Crippen LogP contribution in [0.15, 0.2) is 36.1 Å². The molecular weight excluding hydrogens is 442 g/mol. The standard InChI is InChI=1S/C23H27N5O4S/c1-24-20(29)9-4-2-3-7-16(28-23(30)19-13-25-14-33-19)22-26-12-17(27-22)15-6-5-8-18-21(15)32-11-10-31-18/h5-6,8,12-14,16H,2-4,7,9-11H2,1H3,(H,24,29)(H,26,27)(H,28,30). The van der Waals surface area contributed by atoms with Crippen LogP contribution in [0.5, 0.6) is 11.5 Å². The number of nitrogens with zero attached hydrogens (tertiary/aromatic N) is 2. The highest BCUT2D eigenvalue weighted by Gasteiger charge is 2.22. The van der Waals surface area contributed by atoms with Gasteiger partial charge in [0.15, 0.2) is 11.5 Å². The minimum Gasteiger partial charge on any atom is -0.486 e. The molecule has 1 aliphatic rings. The van der Waals surface area contributed by atoms with Crippen LogP contribution < -0.4 is 20.1 Å². The van der Waals surface area contributed by atoms with E-state index in [0.29, 0.717) is 48.3 Å². The molecule has 174 valence electrons. The van der Waals surface area contributed by atoms with Crippen molar-refractivity contribution in [3.8, 4) is 22.8 Å². The molecule has 33 heavy (non-hydrogen) atoms. The summed E-state index contributed by atoms with van der Waals surface area (Å²) in [6.45, 7) is 1.02. The van der Waals surface area contributed by atoms with Crippen molar-refractivity contribution in [1.82, 2.24) is 25.6 Å². The largest absolute Gasteiger partial charge is 0.486 e. The van der Waals surface area contributed by atoms with Crippen LogP contribution >= 0.6 is 11.3 Å². The Morgan fingerprint density at radius 2 is 2.06 bits per heavy atom. The van der Waals surface area contributed by atoms with Crippen molar-refractivity contribution in [2.45, 2.75) is 38.1 Å². The van der Waals surface area contributed by atoms with E-state index in [9.17, 15) is 9.59 Å². The van der Waals surface area contributed by atoms with Crippen LogP contribution in [0.1, 0.15) is 53.6 Å². The zero-order valence-corrected chi connectivity index (χ0v) is 19.2. The predicted octanol–water partition coefficient (Wildman–Crippen LogP) is 3.47. The third-order valence-corrected chi connectivity index (χ3v) is 6.19. The van der Waals surface area contributed by atoms with E-state index in [0.717, 1.165) is 30.5 Å². The first-order valence-corrected chi connectivity index (χ1v) is 11.9. The monoisotopic (exact) mass is 469 g/mol. The molecule has 1 aromatic carbocycles. The summed E-state index contributed by atoms with van der Waals surface area (Å²) >= 11 is 1.29. The highest BCUT2D eigenvalue weighted by atomic mass is 32.1. The van der Waals surface area contributed by atoms with Crippen LogP contribution in [0, 0.1) is 0 Å². The molecule has 1 aliphatic heterocycles. The van der Waals surface area contributed by atoms with Crippen molar-refractivity contribution in [3.63, 3.8) is 0 Å². The first kappa shape index (κ1) is 22.8. The van der Waals surface area contributed by atoms with Crippen LogP contribution in [0.3, 0.4) is 0 Å². The molecule has 0 spiro atoms. The van der Waals surface area contributed by atoms with Crippen molar-refractivity contribution in [1.29, 1.82) is 0 Å². The molecule has 10 heteroatoms. The van der Waals surface area contributed by atoms with E-state index in [4.69, 9.17) is 9.47 Å². The van der Waals surface area contributed by atoms with E-state index < -0.39 is 0 Å². The lowest BCUT2D eigenvalue weighted by Crippen LogP contribution is -2.28. The van der Waals surface area contributed by atoms with E-state index in [2.05, 4.69) is 25.6 Å². The van der Waals surface area contributed by atoms with Gasteiger partial charge >= 0.3 is 0 Å². The Hall–Kier alpha value is -3.40. The summed E-state index contributed by atoms with van der Waals surface area (Å²) in [5, 5.41) is 5.71. The zero-order chi connectivity index (χ0) is 23.0. The molecular formula is C23H27N5O4S. The minimum absolute atomic E-state index is 0.0399. The van der Waals surface area contributed by atoms with Gasteiger partial charge in [-0.2, -0.15) is 0 Å². The third-order valence-electron chi connectivity index (χ3n) is 5.42. The molecule has 2 aromatic heterocycles. The fourth-order valence-corrected chi connectivity index (χ4v) is 4.23. The molecule has 4 rings (SSSR count). The minimum atomic E-state index is -0.301. The normalized spacial score (nSPS) is 13.4. The van der Waals surface area contributed by atoms with Crippen molar-refractivity contribution in [2.75, 3.05) is 20.3 Å². The lowest BCUT2D eigenvalue weighted by atomic mass is 10.1. The number of carbonyl (C=O) groups excluding carboxylic acids is 2. The maximum Gasteiger partial charge on any atom is 0.263 e. The van der Waals surface area contributed by atoms with Crippen molar-refractivity contribution in [2.24, 2.45) is 0 Å². The van der Waals surface area contributed by atoms with E-state index in [1.165, 1.54) is 11.3 Å². The van der Waals surface area contributed by atoms with Crippen LogP contribution in [0.4, 0.5) is 0 Å². The third kappa shape index (κ3) is 5.70. The molecule has 0 bridgehead atoms. The number of imidazole rings is 1. The fourth-order valence-electron chi connectivity index (χ4n) is 3.71. The fraction of sp³-hybridized carbons (Fsp3) is 0.391. The van der Waals surface area contributed by atoms with E-state index in [-0.39, 0.29) is 17.9 Å². The van der Waals surface area contributed by atoms with Crippen LogP contribution in [-0.4, -0.2) is 47.0 Å². The molecule has 1 atom stereocenters. The number of benzene rings is 1. The first-order valence-electron chi connectivity index (χ1n) is 11.0. The number of ether oxygens (including phenoxy) is 2. The second-order valence-electron chi connectivity index (χ2n) is 7.68. The van der Waals surface area contributed by atoms with Gasteiger partial charge in [-0.15, -0.1) is 11.3 Å². The van der Waals surface area contributed by atoms with Gasteiger partial charge in [0.1, 0.15) is 23.9 Å². The summed E-state index contributed by atoms with van der Waals surface area (Å²) in [5.74, 6) is 1.93. The van der Waals surface area contributed by atoms with Gasteiger partial charge < -0.3 is 25.1 Å². The van der Waals surface area contributed by atoms with Crippen LogP contribution in [0.2, 0.25) is 0 Å². The van der Waals surface area contributed by atoms with Gasteiger partial charge in [0.25, 0.3) is 5.91 Å². The highest BCUT2D eigenvalue weighted by Crippen LogP contribution is 2.39. The molecule has 0 radical (unpaired) electrons. The van der Waals surface area contributed by atoms with E-state index in [1.54, 1.807) is 25.0 Å². The predicted molar refractivity (Wildman–Crippen MR) is 124 cm³/mol. The topological polar surface area (TPSA) is 118 Å². The Balaban J connectivity index is 1.49. The number of fused-ring (bicyclic) bond motifs is 1. The number of thiazole rings is 1. The number of hydrogen-bond donors (Lipinski definition) is 3. The molecule has 3 heterocycles. The molecule has 0 saturated heterocycles. The molecule has 3 N–H and O–H groups in total. The lowest BCUT2D eigenvalue weighted by Gasteiger charge is -2.20. The van der Waals surface area contributed by atoms with Crippen molar-refractivity contribution in [3.05, 3.63) is 46.8 Å². The number of rotatable bonds is 10. The average Bonchev–Trinajstić information content (AvgIpc) is 3.55. The number of hydrogen-bond acceptors (Lipinski definition) is 7. The maximum absolute atomic E-state index is 12.7. The molecule has 1 unspecified atom stereocenters. The molecule has 0 aliphatic carbocycles. The summed E-state index contributed by atoms with van der Waals surface area (Å²) in [5.41, 5.74) is 3.29. The molecule has 0 saturated carbocycles. The molecule has 2 amide bonds. The summed E-state index contributed by atoms with van der Waals surface area (Å²) in [6, 6.07) is 5.45. The Labute approximate surface area is 195 Å². The Morgan fingerprint density at radius 1 is 1.18 bits per heavy atom. The van der Waals surface area contributed by atoms with Gasteiger partial charge in [0, 0.05) is 19.0 Å². The van der Waals surface area contributed by atoms with Crippen molar-refractivity contribution < 1.29 is 19.1 Å². The summed E-state index contributed by atoms with van der Waals surface area (Å²) < 4.78 is 11.5. The number of carbonyl (C=O) groups is 2. The zero-order valence-electron chi connectivity index (χ0n) is 18.4. The Bertz CT molecular complexity index is 1080. The van der Waals surface area contributed by atoms with Crippen LogP contribution in [0.25, 0.3) is 11.3 Å². The SMILES string of the molecule is CNC(=O)CCCCCC(NC(=O)c1cncs1)c1ncc(-c2cccc3c2OCCO3)[nH]1. The summed E-state index contributed by atoms with van der Waals surface area (Å²) in [6.07, 6.45) is 7.02. The number of amides is 2. The Morgan fingerprint density at radius 3 is 2.88 bits per heavy atom. The number of H-pyrrole nitrogens is 1. The van der Waals surface area contributed by atoms with Gasteiger partial charge in [-0.3, -0.25) is 14.6 Å². The van der Waals surface area contributed by atoms with Gasteiger partial charge in [-0.1, -0.05) is 18.9 Å². The number of unbranched alkanes of at least 4 members (excludes halogenated alkanes) is 2. The molecule has 9 nitrogen and oxygen atoms in total.